The number of hydrogen-bond acceptors (Lipinski definition) is 3. The van der Waals surface area contributed by atoms with Crippen LogP contribution in [0.5, 0.6) is 0 Å². The first-order valence-corrected chi connectivity index (χ1v) is 15.7. The molecule has 4 heteroatoms. The summed E-state index contributed by atoms with van der Waals surface area (Å²) in [4.78, 5) is 12.7. The molecular formula is C44H26N4. The van der Waals surface area contributed by atoms with Gasteiger partial charge in [-0.1, -0.05) is 109 Å². The maximum atomic E-state index is 9.29. The van der Waals surface area contributed by atoms with Crippen LogP contribution in [0.4, 0.5) is 5.69 Å². The Bertz CT molecular complexity index is 2560. The Morgan fingerprint density at radius 3 is 1.60 bits per heavy atom. The molecule has 0 aliphatic heterocycles. The van der Waals surface area contributed by atoms with Crippen LogP contribution in [0.1, 0.15) is 5.56 Å². The fourth-order valence-electron chi connectivity index (χ4n) is 6.53. The van der Waals surface area contributed by atoms with Crippen molar-refractivity contribution in [1.82, 2.24) is 9.97 Å². The molecule has 0 amide bonds. The van der Waals surface area contributed by atoms with Gasteiger partial charge in [0.15, 0.2) is 0 Å². The Morgan fingerprint density at radius 1 is 0.458 bits per heavy atom. The van der Waals surface area contributed by atoms with E-state index < -0.39 is 0 Å². The van der Waals surface area contributed by atoms with Crippen LogP contribution in [0.2, 0.25) is 0 Å². The minimum atomic E-state index is 0.524. The minimum Gasteiger partial charge on any atom is -0.268 e. The molecule has 6 aromatic carbocycles. The number of rotatable bonds is 5. The summed E-state index contributed by atoms with van der Waals surface area (Å²) < 4.78 is 0. The summed E-state index contributed by atoms with van der Waals surface area (Å²) in [5, 5.41) is 13.9. The molecular weight excluding hydrogens is 585 g/mol. The van der Waals surface area contributed by atoms with Gasteiger partial charge in [0.05, 0.1) is 23.5 Å². The third kappa shape index (κ3) is 5.14. The van der Waals surface area contributed by atoms with Gasteiger partial charge in [0.1, 0.15) is 6.07 Å². The first-order valence-electron chi connectivity index (χ1n) is 15.7. The van der Waals surface area contributed by atoms with E-state index in [1.807, 2.05) is 30.3 Å². The van der Waals surface area contributed by atoms with Crippen LogP contribution in [0.3, 0.4) is 0 Å². The van der Waals surface area contributed by atoms with Crippen molar-refractivity contribution in [2.75, 3.05) is 0 Å². The lowest BCUT2D eigenvalue weighted by atomic mass is 9.84. The summed E-state index contributed by atoms with van der Waals surface area (Å²) in [7, 11) is 0. The number of pyridine rings is 2. The average molecular weight is 611 g/mol. The molecule has 2 aromatic heterocycles. The van der Waals surface area contributed by atoms with E-state index in [0.29, 0.717) is 11.3 Å². The summed E-state index contributed by atoms with van der Waals surface area (Å²) in [6.07, 6.45) is 3.25. The number of fused-ring (bicyclic) bond motifs is 2. The number of nitriles is 1. The van der Waals surface area contributed by atoms with E-state index in [4.69, 9.17) is 6.57 Å². The summed E-state index contributed by atoms with van der Waals surface area (Å²) in [6.45, 7) is 7.31. The topological polar surface area (TPSA) is 53.9 Å². The Labute approximate surface area is 278 Å². The van der Waals surface area contributed by atoms with E-state index in [2.05, 4.69) is 136 Å². The van der Waals surface area contributed by atoms with Crippen LogP contribution in [0, 0.1) is 17.9 Å². The normalized spacial score (nSPS) is 10.9. The molecule has 0 N–H and O–H groups in total. The molecule has 0 radical (unpaired) electrons. The molecule has 2 heterocycles. The third-order valence-electron chi connectivity index (χ3n) is 8.79. The van der Waals surface area contributed by atoms with Gasteiger partial charge in [0.2, 0.25) is 5.69 Å². The second-order valence-corrected chi connectivity index (χ2v) is 11.6. The predicted octanol–water partition coefficient (Wildman–Crippen LogP) is 11.5. The monoisotopic (exact) mass is 610 g/mol. The van der Waals surface area contributed by atoms with E-state index in [9.17, 15) is 5.26 Å². The van der Waals surface area contributed by atoms with Crippen molar-refractivity contribution in [3.63, 3.8) is 0 Å². The molecule has 0 saturated heterocycles. The van der Waals surface area contributed by atoms with Crippen LogP contribution in [-0.4, -0.2) is 9.97 Å². The number of hydrogen-bond donors (Lipinski definition) is 0. The number of nitrogens with zero attached hydrogens (tertiary/aromatic N) is 4. The first-order chi connectivity index (χ1) is 23.7. The van der Waals surface area contributed by atoms with Gasteiger partial charge < -0.3 is 0 Å². The lowest BCUT2D eigenvalue weighted by Crippen LogP contribution is -1.93. The average Bonchev–Trinajstić information content (AvgIpc) is 3.17. The first kappa shape index (κ1) is 28.6. The highest BCUT2D eigenvalue weighted by molar-refractivity contribution is 6.22. The molecule has 0 saturated carbocycles. The fourth-order valence-corrected chi connectivity index (χ4v) is 6.53. The largest absolute Gasteiger partial charge is 0.268 e. The second kappa shape index (κ2) is 12.1. The summed E-state index contributed by atoms with van der Waals surface area (Å²) in [6, 6.07) is 52.5. The summed E-state index contributed by atoms with van der Waals surface area (Å²) in [5.74, 6) is 0. The van der Waals surface area contributed by atoms with Gasteiger partial charge in [-0.2, -0.15) is 5.26 Å². The molecule has 0 fully saturated rings. The van der Waals surface area contributed by atoms with Gasteiger partial charge in [0, 0.05) is 23.5 Å². The lowest BCUT2D eigenvalue weighted by Gasteiger charge is -2.19. The van der Waals surface area contributed by atoms with Crippen LogP contribution in [0.25, 0.3) is 82.3 Å². The van der Waals surface area contributed by atoms with Gasteiger partial charge in [-0.05, 0) is 91.3 Å². The highest BCUT2D eigenvalue weighted by Crippen LogP contribution is 2.45. The van der Waals surface area contributed by atoms with E-state index >= 15 is 0 Å². The second-order valence-electron chi connectivity index (χ2n) is 11.6. The third-order valence-corrected chi connectivity index (χ3v) is 8.79. The van der Waals surface area contributed by atoms with Gasteiger partial charge in [-0.15, -0.1) is 0 Å². The zero-order valence-electron chi connectivity index (χ0n) is 25.8. The van der Waals surface area contributed by atoms with Crippen LogP contribution >= 0.6 is 0 Å². The zero-order valence-corrected chi connectivity index (χ0v) is 25.8. The van der Waals surface area contributed by atoms with Crippen molar-refractivity contribution in [2.24, 2.45) is 0 Å². The zero-order chi connectivity index (χ0) is 32.5. The molecule has 48 heavy (non-hydrogen) atoms. The van der Waals surface area contributed by atoms with Gasteiger partial charge >= 0.3 is 0 Å². The van der Waals surface area contributed by atoms with E-state index in [-0.39, 0.29) is 0 Å². The van der Waals surface area contributed by atoms with Crippen molar-refractivity contribution in [2.45, 2.75) is 0 Å². The molecule has 0 aliphatic carbocycles. The number of aromatic nitrogens is 2. The SMILES string of the molecule is [C-]#[N+]c1ccc(-c2cccc(-c3c4ccccc4c(-c4cccc(-c5ccc(C#N)cn5)c4)c4cc(-c5ccccc5)ccc34)c2)nc1. The van der Waals surface area contributed by atoms with Crippen molar-refractivity contribution in [3.8, 4) is 62.0 Å². The van der Waals surface area contributed by atoms with E-state index in [1.54, 1.807) is 12.4 Å². The highest BCUT2D eigenvalue weighted by Gasteiger charge is 2.18. The van der Waals surface area contributed by atoms with Gasteiger partial charge in [-0.25, -0.2) is 4.85 Å². The summed E-state index contributed by atoms with van der Waals surface area (Å²) in [5.41, 5.74) is 11.5. The molecule has 0 atom stereocenters. The van der Waals surface area contributed by atoms with Crippen LogP contribution < -0.4 is 0 Å². The minimum absolute atomic E-state index is 0.524. The Hall–Kier alpha value is -6.88. The van der Waals surface area contributed by atoms with Crippen molar-refractivity contribution < 1.29 is 0 Å². The van der Waals surface area contributed by atoms with Crippen molar-refractivity contribution >= 4 is 27.2 Å². The quantitative estimate of drug-likeness (QED) is 0.144. The maximum Gasteiger partial charge on any atom is 0.205 e. The van der Waals surface area contributed by atoms with Gasteiger partial charge in [0.25, 0.3) is 0 Å². The Kier molecular flexibility index (Phi) is 7.23. The molecule has 0 unspecified atom stereocenters. The van der Waals surface area contributed by atoms with Crippen molar-refractivity contribution in [3.05, 3.63) is 175 Å². The van der Waals surface area contributed by atoms with Crippen LogP contribution in [0.15, 0.2) is 158 Å². The smallest absolute Gasteiger partial charge is 0.205 e. The maximum absolute atomic E-state index is 9.29. The molecule has 4 nitrogen and oxygen atoms in total. The standard InChI is InChI=1S/C44H26N4/c1-46-36-19-22-42(48-28-36)33-12-7-13-34(23-33)43-37-15-5-6-16-38(37)44(40-25-31(18-20-39(40)43)30-9-3-2-4-10-30)35-14-8-11-32(24-35)41-21-17-29(26-45)27-47-41/h2-25,27-28H. The molecule has 0 spiro atoms. The summed E-state index contributed by atoms with van der Waals surface area (Å²) >= 11 is 0. The molecule has 0 bridgehead atoms. The van der Waals surface area contributed by atoms with Crippen LogP contribution in [-0.2, 0) is 0 Å². The highest BCUT2D eigenvalue weighted by atomic mass is 14.7. The molecule has 8 aromatic rings. The number of benzene rings is 6. The van der Waals surface area contributed by atoms with Crippen molar-refractivity contribution in [1.29, 1.82) is 5.26 Å². The fraction of sp³-hybridized carbons (Fsp3) is 0. The van der Waals surface area contributed by atoms with Gasteiger partial charge in [-0.3, -0.25) is 9.97 Å². The van der Waals surface area contributed by atoms with E-state index in [1.165, 1.54) is 0 Å². The lowest BCUT2D eigenvalue weighted by molar-refractivity contribution is 1.30. The molecule has 222 valence electrons. The predicted molar refractivity (Wildman–Crippen MR) is 195 cm³/mol. The van der Waals surface area contributed by atoms with E-state index in [0.717, 1.165) is 77.4 Å². The Morgan fingerprint density at radius 2 is 1.02 bits per heavy atom. The Balaban J connectivity index is 1.40. The molecule has 8 rings (SSSR count). The molecule has 0 aliphatic rings.